The van der Waals surface area contributed by atoms with Gasteiger partial charge in [-0.05, 0) is 37.6 Å². The van der Waals surface area contributed by atoms with Gasteiger partial charge in [0.1, 0.15) is 0 Å². The molecule has 0 amide bonds. The zero-order chi connectivity index (χ0) is 17.7. The first-order valence-electron chi connectivity index (χ1n) is 9.32. The van der Waals surface area contributed by atoms with Crippen LogP contribution >= 0.6 is 0 Å². The average Bonchev–Trinajstić information content (AvgIpc) is 2.69. The van der Waals surface area contributed by atoms with E-state index in [4.69, 9.17) is 0 Å². The summed E-state index contributed by atoms with van der Waals surface area (Å²) in [7, 11) is 0. The van der Waals surface area contributed by atoms with Gasteiger partial charge in [-0.1, -0.05) is 6.08 Å². The molecule has 0 spiro atoms. The number of carbonyl (C=O) groups is 1. The number of nitrogens with one attached hydrogen (secondary N) is 2. The van der Waals surface area contributed by atoms with Crippen molar-refractivity contribution in [2.24, 2.45) is 0 Å². The van der Waals surface area contributed by atoms with Gasteiger partial charge in [0.2, 0.25) is 0 Å². The smallest absolute Gasteiger partial charge is 0.183 e. The Morgan fingerprint density at radius 3 is 2.20 bits per heavy atom. The fourth-order valence-corrected chi connectivity index (χ4v) is 3.86. The third-order valence-corrected chi connectivity index (χ3v) is 5.46. The number of piperazine rings is 2. The van der Waals surface area contributed by atoms with E-state index >= 15 is 0 Å². The Morgan fingerprint density at radius 1 is 1.08 bits per heavy atom. The van der Waals surface area contributed by atoms with Gasteiger partial charge in [0.15, 0.2) is 5.78 Å². The van der Waals surface area contributed by atoms with Crippen molar-refractivity contribution < 1.29 is 4.79 Å². The van der Waals surface area contributed by atoms with E-state index in [2.05, 4.69) is 46.1 Å². The summed E-state index contributed by atoms with van der Waals surface area (Å²) in [5.41, 5.74) is 1.48. The summed E-state index contributed by atoms with van der Waals surface area (Å²) in [6, 6.07) is 8.15. The van der Waals surface area contributed by atoms with Crippen LogP contribution in [0.5, 0.6) is 0 Å². The van der Waals surface area contributed by atoms with Gasteiger partial charge < -0.3 is 15.5 Å². The van der Waals surface area contributed by atoms with Gasteiger partial charge in [-0.25, -0.2) is 0 Å². The maximum Gasteiger partial charge on any atom is 0.183 e. The molecule has 1 unspecified atom stereocenters. The molecule has 5 heteroatoms. The number of benzene rings is 1. The fourth-order valence-electron chi connectivity index (χ4n) is 3.86. The van der Waals surface area contributed by atoms with Gasteiger partial charge in [0.25, 0.3) is 0 Å². The van der Waals surface area contributed by atoms with Crippen molar-refractivity contribution in [3.63, 3.8) is 0 Å². The second kappa shape index (κ2) is 8.13. The molecule has 2 N–H and O–H groups in total. The van der Waals surface area contributed by atoms with Crippen LogP contribution in [0.25, 0.3) is 0 Å². The predicted molar refractivity (Wildman–Crippen MR) is 104 cm³/mol. The van der Waals surface area contributed by atoms with E-state index in [-0.39, 0.29) is 5.78 Å². The third kappa shape index (κ3) is 3.94. The lowest BCUT2D eigenvalue weighted by Gasteiger charge is -2.42. The van der Waals surface area contributed by atoms with E-state index in [0.29, 0.717) is 6.42 Å². The maximum absolute atomic E-state index is 13.3. The highest BCUT2D eigenvalue weighted by Crippen LogP contribution is 2.27. The Morgan fingerprint density at radius 2 is 1.64 bits per heavy atom. The van der Waals surface area contributed by atoms with Crippen LogP contribution in [0.4, 0.5) is 5.69 Å². The number of Topliss-reactive ketones (excluding diaryl/α,β-unsaturated/α-hetero) is 1. The lowest BCUT2D eigenvalue weighted by atomic mass is 9.85. The Kier molecular flexibility index (Phi) is 5.89. The Balaban J connectivity index is 1.78. The van der Waals surface area contributed by atoms with Crippen LogP contribution in [0.3, 0.4) is 0 Å². The van der Waals surface area contributed by atoms with Crippen LogP contribution in [-0.4, -0.2) is 68.6 Å². The summed E-state index contributed by atoms with van der Waals surface area (Å²) in [5, 5.41) is 6.73. The summed E-state index contributed by atoms with van der Waals surface area (Å²) >= 11 is 0. The highest BCUT2D eigenvalue weighted by atomic mass is 16.1. The summed E-state index contributed by atoms with van der Waals surface area (Å²) in [6.07, 6.45) is 2.54. The van der Waals surface area contributed by atoms with Gasteiger partial charge in [0.05, 0.1) is 5.54 Å². The molecule has 25 heavy (non-hydrogen) atoms. The van der Waals surface area contributed by atoms with Gasteiger partial charge in [0, 0.05) is 63.6 Å². The average molecular weight is 342 g/mol. The molecule has 136 valence electrons. The minimum Gasteiger partial charge on any atom is -0.369 e. The number of carbonyl (C=O) groups excluding carboxylic acids is 1. The maximum atomic E-state index is 13.3. The molecule has 3 rings (SSSR count). The summed E-state index contributed by atoms with van der Waals surface area (Å²) in [5.74, 6) is 0.196. The third-order valence-electron chi connectivity index (χ3n) is 5.46. The van der Waals surface area contributed by atoms with Crippen molar-refractivity contribution in [3.8, 4) is 0 Å². The topological polar surface area (TPSA) is 47.6 Å². The monoisotopic (exact) mass is 342 g/mol. The number of ketones is 1. The molecule has 2 fully saturated rings. The van der Waals surface area contributed by atoms with Crippen molar-refractivity contribution in [2.45, 2.75) is 18.9 Å². The predicted octanol–water partition coefficient (Wildman–Crippen LogP) is 1.52. The summed E-state index contributed by atoms with van der Waals surface area (Å²) in [6.45, 7) is 13.7. The molecule has 0 aliphatic carbocycles. The van der Waals surface area contributed by atoms with Gasteiger partial charge in [-0.3, -0.25) is 9.69 Å². The summed E-state index contributed by atoms with van der Waals surface area (Å²) < 4.78 is 0. The van der Waals surface area contributed by atoms with E-state index in [1.54, 1.807) is 0 Å². The second-order valence-corrected chi connectivity index (χ2v) is 7.12. The van der Waals surface area contributed by atoms with Crippen LogP contribution in [0.1, 0.15) is 23.7 Å². The standard InChI is InChI=1S/C20H30N4O/c1-3-8-20(2,24-15-11-22-12-16-24)19(25)17-4-6-18(7-5-17)23-13-9-21-10-14-23/h3-7,21-22H,1,8-16H2,2H3. The van der Waals surface area contributed by atoms with Crippen LogP contribution < -0.4 is 15.5 Å². The number of hydrogen-bond donors (Lipinski definition) is 2. The molecule has 1 atom stereocenters. The van der Waals surface area contributed by atoms with E-state index in [0.717, 1.165) is 57.9 Å². The van der Waals surface area contributed by atoms with Crippen molar-refractivity contribution in [1.82, 2.24) is 15.5 Å². The number of nitrogens with zero attached hydrogens (tertiary/aromatic N) is 2. The number of hydrogen-bond acceptors (Lipinski definition) is 5. The first kappa shape index (κ1) is 18.1. The Bertz CT molecular complexity index is 588. The van der Waals surface area contributed by atoms with Crippen LogP contribution in [0.2, 0.25) is 0 Å². The lowest BCUT2D eigenvalue weighted by molar-refractivity contribution is 0.0554. The van der Waals surface area contributed by atoms with Crippen molar-refractivity contribution in [3.05, 3.63) is 42.5 Å². The molecule has 2 aliphatic rings. The van der Waals surface area contributed by atoms with Gasteiger partial charge in [-0.2, -0.15) is 0 Å². The van der Waals surface area contributed by atoms with Crippen LogP contribution in [0.15, 0.2) is 36.9 Å². The van der Waals surface area contributed by atoms with E-state index in [9.17, 15) is 4.79 Å². The minimum atomic E-state index is -0.513. The molecule has 0 saturated carbocycles. The lowest BCUT2D eigenvalue weighted by Crippen LogP contribution is -2.58. The van der Waals surface area contributed by atoms with Crippen LogP contribution in [0, 0.1) is 0 Å². The Labute approximate surface area is 151 Å². The van der Waals surface area contributed by atoms with Crippen LogP contribution in [-0.2, 0) is 0 Å². The molecule has 0 aromatic heterocycles. The molecule has 0 radical (unpaired) electrons. The molecule has 2 heterocycles. The number of anilines is 1. The fraction of sp³-hybridized carbons (Fsp3) is 0.550. The van der Waals surface area contributed by atoms with Gasteiger partial charge in [-0.15, -0.1) is 6.58 Å². The number of rotatable bonds is 6. The molecule has 0 bridgehead atoms. The Hall–Kier alpha value is -1.69. The van der Waals surface area contributed by atoms with Crippen molar-refractivity contribution in [1.29, 1.82) is 0 Å². The van der Waals surface area contributed by atoms with Crippen molar-refractivity contribution >= 4 is 11.5 Å². The molecule has 2 aliphatic heterocycles. The highest BCUT2D eigenvalue weighted by molar-refractivity contribution is 6.03. The molecule has 1 aromatic carbocycles. The molecular weight excluding hydrogens is 312 g/mol. The van der Waals surface area contributed by atoms with E-state index in [1.165, 1.54) is 5.69 Å². The summed E-state index contributed by atoms with van der Waals surface area (Å²) in [4.78, 5) is 18.0. The second-order valence-electron chi connectivity index (χ2n) is 7.12. The first-order valence-corrected chi connectivity index (χ1v) is 9.32. The molecule has 2 saturated heterocycles. The molecule has 5 nitrogen and oxygen atoms in total. The van der Waals surface area contributed by atoms with Crippen molar-refractivity contribution in [2.75, 3.05) is 57.3 Å². The zero-order valence-electron chi connectivity index (χ0n) is 15.3. The van der Waals surface area contributed by atoms with Gasteiger partial charge >= 0.3 is 0 Å². The quantitative estimate of drug-likeness (QED) is 0.606. The first-order chi connectivity index (χ1) is 12.1. The zero-order valence-corrected chi connectivity index (χ0v) is 15.3. The normalized spacial score (nSPS) is 21.6. The SMILES string of the molecule is C=CCC(C)(C(=O)c1ccc(N2CCNCC2)cc1)N1CCNCC1. The van der Waals surface area contributed by atoms with E-state index < -0.39 is 5.54 Å². The largest absolute Gasteiger partial charge is 0.369 e. The highest BCUT2D eigenvalue weighted by Gasteiger charge is 2.39. The molecular formula is C20H30N4O. The molecule has 1 aromatic rings. The van der Waals surface area contributed by atoms with E-state index in [1.807, 2.05) is 18.2 Å². The minimum absolute atomic E-state index is 0.196.